The second-order valence-corrected chi connectivity index (χ2v) is 5.77. The monoisotopic (exact) mass is 339 g/mol. The molecule has 6 heteroatoms. The van der Waals surface area contributed by atoms with Crippen molar-refractivity contribution in [2.45, 2.75) is 0 Å². The molecule has 0 atom stereocenters. The molecule has 3 aromatic rings. The van der Waals surface area contributed by atoms with E-state index in [1.807, 2.05) is 53.9 Å². The van der Waals surface area contributed by atoms with Gasteiger partial charge in [0.15, 0.2) is 0 Å². The molecule has 2 aromatic carbocycles. The minimum absolute atomic E-state index is 0.741. The highest BCUT2D eigenvalue weighted by molar-refractivity contribution is 7.14. The lowest BCUT2D eigenvalue weighted by Crippen LogP contribution is -1.90. The smallest absolute Gasteiger partial charge is 0.203 e. The van der Waals surface area contributed by atoms with Crippen molar-refractivity contribution in [2.24, 2.45) is 5.10 Å². The molecule has 1 N–H and O–H groups in total. The first-order chi connectivity index (χ1) is 11.8. The summed E-state index contributed by atoms with van der Waals surface area (Å²) in [5.41, 5.74) is 5.89. The molecule has 0 radical (unpaired) electrons. The molecule has 0 saturated carbocycles. The maximum Gasteiger partial charge on any atom is 0.203 e. The number of hydrogen-bond donors (Lipinski definition) is 1. The lowest BCUT2D eigenvalue weighted by atomic mass is 10.2. The van der Waals surface area contributed by atoms with Crippen molar-refractivity contribution in [1.29, 1.82) is 0 Å². The van der Waals surface area contributed by atoms with Crippen molar-refractivity contribution in [2.75, 3.05) is 19.6 Å². The molecule has 1 heterocycles. The summed E-state index contributed by atoms with van der Waals surface area (Å²) in [5.74, 6) is 1.65. The molecule has 5 nitrogen and oxygen atoms in total. The second kappa shape index (κ2) is 7.61. The molecule has 0 aliphatic heterocycles. The number of thiazole rings is 1. The Morgan fingerprint density at radius 3 is 2.21 bits per heavy atom. The lowest BCUT2D eigenvalue weighted by Gasteiger charge is -2.00. The van der Waals surface area contributed by atoms with E-state index in [9.17, 15) is 0 Å². The quantitative estimate of drug-likeness (QED) is 0.538. The number of hydrogen-bond acceptors (Lipinski definition) is 6. The predicted octanol–water partition coefficient (Wildman–Crippen LogP) is 4.27. The normalized spacial score (nSPS) is 10.8. The molecule has 0 aliphatic rings. The van der Waals surface area contributed by atoms with Gasteiger partial charge in [-0.3, -0.25) is 5.43 Å². The summed E-state index contributed by atoms with van der Waals surface area (Å²) in [6.07, 6.45) is 1.74. The Morgan fingerprint density at radius 2 is 1.58 bits per heavy atom. The number of rotatable bonds is 6. The molecule has 0 spiro atoms. The van der Waals surface area contributed by atoms with Crippen molar-refractivity contribution in [3.63, 3.8) is 0 Å². The summed E-state index contributed by atoms with van der Waals surface area (Å²) in [6, 6.07) is 15.5. The van der Waals surface area contributed by atoms with Crippen molar-refractivity contribution >= 4 is 22.7 Å². The van der Waals surface area contributed by atoms with Crippen LogP contribution in [-0.4, -0.2) is 25.4 Å². The van der Waals surface area contributed by atoms with Crippen LogP contribution in [-0.2, 0) is 0 Å². The van der Waals surface area contributed by atoms with Gasteiger partial charge in [0.05, 0.1) is 26.1 Å². The van der Waals surface area contributed by atoms with Crippen LogP contribution < -0.4 is 14.9 Å². The standard InChI is InChI=1S/C18H17N3O2S/c1-22-15-7-3-13(4-8-15)11-19-21-18-20-17(12-24-18)14-5-9-16(23-2)10-6-14/h3-12H,1-2H3,(H,20,21)/b19-11+. The minimum atomic E-state index is 0.741. The molecule has 3 rings (SSSR count). The Labute approximate surface area is 144 Å². The third-order valence-electron chi connectivity index (χ3n) is 3.38. The summed E-state index contributed by atoms with van der Waals surface area (Å²) in [4.78, 5) is 4.53. The van der Waals surface area contributed by atoms with Crippen LogP contribution in [0, 0.1) is 0 Å². The highest BCUT2D eigenvalue weighted by Gasteiger charge is 2.04. The molecular formula is C18H17N3O2S. The number of benzene rings is 2. The zero-order valence-electron chi connectivity index (χ0n) is 13.4. The fourth-order valence-electron chi connectivity index (χ4n) is 2.07. The maximum absolute atomic E-state index is 5.16. The third-order valence-corrected chi connectivity index (χ3v) is 4.13. The minimum Gasteiger partial charge on any atom is -0.497 e. The number of anilines is 1. The average molecular weight is 339 g/mol. The van der Waals surface area contributed by atoms with Gasteiger partial charge in [-0.1, -0.05) is 0 Å². The van der Waals surface area contributed by atoms with E-state index in [0.29, 0.717) is 0 Å². The number of hydrazone groups is 1. The molecule has 1 aromatic heterocycles. The summed E-state index contributed by atoms with van der Waals surface area (Å²) >= 11 is 1.51. The maximum atomic E-state index is 5.16. The largest absolute Gasteiger partial charge is 0.497 e. The van der Waals surface area contributed by atoms with Gasteiger partial charge in [-0.2, -0.15) is 5.10 Å². The average Bonchev–Trinajstić information content (AvgIpc) is 3.11. The van der Waals surface area contributed by atoms with Crippen molar-refractivity contribution in [3.8, 4) is 22.8 Å². The Kier molecular flexibility index (Phi) is 5.08. The van der Waals surface area contributed by atoms with Crippen molar-refractivity contribution in [1.82, 2.24) is 4.98 Å². The zero-order chi connectivity index (χ0) is 16.8. The summed E-state index contributed by atoms with van der Waals surface area (Å²) < 4.78 is 10.3. The van der Waals surface area contributed by atoms with E-state index >= 15 is 0 Å². The Bertz CT molecular complexity index is 811. The Balaban J connectivity index is 1.63. The van der Waals surface area contributed by atoms with Crippen LogP contribution in [0.1, 0.15) is 5.56 Å². The zero-order valence-corrected chi connectivity index (χ0v) is 14.2. The SMILES string of the molecule is COc1ccc(/C=N/Nc2nc(-c3ccc(OC)cc3)cs2)cc1. The van der Waals surface area contributed by atoms with Gasteiger partial charge in [-0.05, 0) is 54.1 Å². The molecule has 0 aliphatic carbocycles. The highest BCUT2D eigenvalue weighted by Crippen LogP contribution is 2.26. The molecule has 0 fully saturated rings. The molecule has 122 valence electrons. The third kappa shape index (κ3) is 3.91. The summed E-state index contributed by atoms with van der Waals surface area (Å²) in [7, 11) is 3.30. The van der Waals surface area contributed by atoms with E-state index in [1.165, 1.54) is 11.3 Å². The van der Waals surface area contributed by atoms with Gasteiger partial charge >= 0.3 is 0 Å². The van der Waals surface area contributed by atoms with E-state index < -0.39 is 0 Å². The first-order valence-electron chi connectivity index (χ1n) is 7.31. The second-order valence-electron chi connectivity index (χ2n) is 4.91. The number of nitrogens with zero attached hydrogens (tertiary/aromatic N) is 2. The molecule has 0 unspecified atom stereocenters. The molecule has 0 bridgehead atoms. The van der Waals surface area contributed by atoms with E-state index in [-0.39, 0.29) is 0 Å². The first-order valence-corrected chi connectivity index (χ1v) is 8.19. The van der Waals surface area contributed by atoms with Crippen LogP contribution >= 0.6 is 11.3 Å². The number of aromatic nitrogens is 1. The van der Waals surface area contributed by atoms with Gasteiger partial charge in [-0.15, -0.1) is 11.3 Å². The van der Waals surface area contributed by atoms with Gasteiger partial charge in [0, 0.05) is 10.9 Å². The summed E-state index contributed by atoms with van der Waals surface area (Å²) in [6.45, 7) is 0. The van der Waals surface area contributed by atoms with Gasteiger partial charge in [0.2, 0.25) is 5.13 Å². The fourth-order valence-corrected chi connectivity index (χ4v) is 2.74. The van der Waals surface area contributed by atoms with Gasteiger partial charge in [0.25, 0.3) is 0 Å². The number of nitrogens with one attached hydrogen (secondary N) is 1. The fraction of sp³-hybridized carbons (Fsp3) is 0.111. The summed E-state index contributed by atoms with van der Waals surface area (Å²) in [5, 5.41) is 6.95. The predicted molar refractivity (Wildman–Crippen MR) is 98.3 cm³/mol. The Morgan fingerprint density at radius 1 is 0.958 bits per heavy atom. The van der Waals surface area contributed by atoms with Gasteiger partial charge in [0.1, 0.15) is 11.5 Å². The van der Waals surface area contributed by atoms with Crippen LogP contribution in [0.4, 0.5) is 5.13 Å². The molecule has 0 amide bonds. The lowest BCUT2D eigenvalue weighted by molar-refractivity contribution is 0.414. The van der Waals surface area contributed by atoms with Gasteiger partial charge in [-0.25, -0.2) is 4.98 Å². The highest BCUT2D eigenvalue weighted by atomic mass is 32.1. The van der Waals surface area contributed by atoms with Crippen LogP contribution in [0.3, 0.4) is 0 Å². The van der Waals surface area contributed by atoms with Crippen LogP contribution in [0.5, 0.6) is 11.5 Å². The van der Waals surface area contributed by atoms with Crippen molar-refractivity contribution < 1.29 is 9.47 Å². The van der Waals surface area contributed by atoms with Crippen LogP contribution in [0.15, 0.2) is 59.0 Å². The van der Waals surface area contributed by atoms with Gasteiger partial charge < -0.3 is 9.47 Å². The van der Waals surface area contributed by atoms with Crippen LogP contribution in [0.2, 0.25) is 0 Å². The molecule has 0 saturated heterocycles. The molecular weight excluding hydrogens is 322 g/mol. The van der Waals surface area contributed by atoms with E-state index in [2.05, 4.69) is 15.5 Å². The Hall–Kier alpha value is -2.86. The molecule has 24 heavy (non-hydrogen) atoms. The van der Waals surface area contributed by atoms with Crippen LogP contribution in [0.25, 0.3) is 11.3 Å². The van der Waals surface area contributed by atoms with E-state index in [0.717, 1.165) is 33.5 Å². The van der Waals surface area contributed by atoms with Crippen molar-refractivity contribution in [3.05, 3.63) is 59.5 Å². The topological polar surface area (TPSA) is 55.7 Å². The number of ether oxygens (including phenoxy) is 2. The first kappa shape index (κ1) is 16.0. The van der Waals surface area contributed by atoms with E-state index in [1.54, 1.807) is 20.4 Å². The van der Waals surface area contributed by atoms with E-state index in [4.69, 9.17) is 9.47 Å². The number of methoxy groups -OCH3 is 2.